The fraction of sp³-hybridized carbons (Fsp3) is 0.600. The van der Waals surface area contributed by atoms with Crippen LogP contribution in [0.1, 0.15) is 25.3 Å². The topological polar surface area (TPSA) is 46.6 Å². The number of hydrogen-bond acceptors (Lipinski definition) is 3. The number of ether oxygens (including phenoxy) is 1. The third kappa shape index (κ3) is 3.97. The molecule has 118 valence electrons. The SMILES string of the molecule is CCCN(CC1CCOC1)S(=O)(=O)c1ccc(C)c(Cl)c1. The molecule has 1 aromatic rings. The van der Waals surface area contributed by atoms with E-state index in [1.165, 1.54) is 0 Å². The van der Waals surface area contributed by atoms with Gasteiger partial charge >= 0.3 is 0 Å². The van der Waals surface area contributed by atoms with Gasteiger partial charge < -0.3 is 4.74 Å². The van der Waals surface area contributed by atoms with Crippen LogP contribution in [-0.2, 0) is 14.8 Å². The van der Waals surface area contributed by atoms with Crippen LogP contribution in [0.3, 0.4) is 0 Å². The summed E-state index contributed by atoms with van der Waals surface area (Å²) in [6, 6.07) is 4.92. The van der Waals surface area contributed by atoms with Crippen molar-refractivity contribution in [1.82, 2.24) is 4.31 Å². The van der Waals surface area contributed by atoms with Crippen LogP contribution in [0.5, 0.6) is 0 Å². The van der Waals surface area contributed by atoms with E-state index >= 15 is 0 Å². The van der Waals surface area contributed by atoms with Gasteiger partial charge in [0, 0.05) is 24.7 Å². The van der Waals surface area contributed by atoms with Crippen LogP contribution in [0.2, 0.25) is 5.02 Å². The van der Waals surface area contributed by atoms with Crippen molar-refractivity contribution in [2.75, 3.05) is 26.3 Å². The highest BCUT2D eigenvalue weighted by Crippen LogP contribution is 2.25. The van der Waals surface area contributed by atoms with Gasteiger partial charge in [0.15, 0.2) is 0 Å². The molecule has 1 saturated heterocycles. The summed E-state index contributed by atoms with van der Waals surface area (Å²) >= 11 is 6.07. The molecule has 0 aromatic heterocycles. The fourth-order valence-electron chi connectivity index (χ4n) is 2.46. The van der Waals surface area contributed by atoms with Gasteiger partial charge in [-0.15, -0.1) is 0 Å². The molecule has 0 aliphatic carbocycles. The summed E-state index contributed by atoms with van der Waals surface area (Å²) in [5.41, 5.74) is 0.877. The summed E-state index contributed by atoms with van der Waals surface area (Å²) in [5, 5.41) is 0.483. The first kappa shape index (κ1) is 16.7. The fourth-order valence-corrected chi connectivity index (χ4v) is 4.34. The van der Waals surface area contributed by atoms with Crippen LogP contribution in [0.25, 0.3) is 0 Å². The van der Waals surface area contributed by atoms with Crippen molar-refractivity contribution in [3.05, 3.63) is 28.8 Å². The zero-order valence-electron chi connectivity index (χ0n) is 12.5. The lowest BCUT2D eigenvalue weighted by molar-refractivity contribution is 0.180. The van der Waals surface area contributed by atoms with Crippen molar-refractivity contribution < 1.29 is 13.2 Å². The third-order valence-electron chi connectivity index (χ3n) is 3.74. The molecule has 0 radical (unpaired) electrons. The highest BCUT2D eigenvalue weighted by atomic mass is 35.5. The average molecular weight is 332 g/mol. The minimum atomic E-state index is -3.50. The first-order valence-electron chi connectivity index (χ1n) is 7.29. The van der Waals surface area contributed by atoms with E-state index in [1.807, 2.05) is 13.8 Å². The Morgan fingerprint density at radius 2 is 2.19 bits per heavy atom. The summed E-state index contributed by atoms with van der Waals surface area (Å²) in [5.74, 6) is 0.284. The maximum absolute atomic E-state index is 12.8. The molecule has 1 heterocycles. The molecule has 1 aliphatic heterocycles. The number of halogens is 1. The molecule has 21 heavy (non-hydrogen) atoms. The van der Waals surface area contributed by atoms with Gasteiger partial charge in [-0.2, -0.15) is 4.31 Å². The monoisotopic (exact) mass is 331 g/mol. The Labute approximate surface area is 132 Å². The Morgan fingerprint density at radius 1 is 1.43 bits per heavy atom. The van der Waals surface area contributed by atoms with Crippen molar-refractivity contribution in [2.24, 2.45) is 5.92 Å². The molecule has 2 rings (SSSR count). The molecule has 1 aromatic carbocycles. The number of hydrogen-bond donors (Lipinski definition) is 0. The second kappa shape index (κ2) is 7.09. The van der Waals surface area contributed by atoms with Gasteiger partial charge in [-0.25, -0.2) is 8.42 Å². The summed E-state index contributed by atoms with van der Waals surface area (Å²) in [7, 11) is -3.50. The second-order valence-electron chi connectivity index (χ2n) is 5.50. The molecule has 0 spiro atoms. The van der Waals surface area contributed by atoms with Crippen LogP contribution in [0.15, 0.2) is 23.1 Å². The molecule has 0 amide bonds. The Kier molecular flexibility index (Phi) is 5.66. The molecular weight excluding hydrogens is 310 g/mol. The van der Waals surface area contributed by atoms with Crippen LogP contribution < -0.4 is 0 Å². The first-order chi connectivity index (χ1) is 9.95. The summed E-state index contributed by atoms with van der Waals surface area (Å²) in [6.07, 6.45) is 1.71. The van der Waals surface area contributed by atoms with Crippen molar-refractivity contribution in [2.45, 2.75) is 31.6 Å². The van der Waals surface area contributed by atoms with Crippen LogP contribution in [0.4, 0.5) is 0 Å². The van der Waals surface area contributed by atoms with E-state index in [0.29, 0.717) is 24.7 Å². The van der Waals surface area contributed by atoms with Gasteiger partial charge in [0.2, 0.25) is 10.0 Å². The van der Waals surface area contributed by atoms with E-state index in [1.54, 1.807) is 22.5 Å². The number of rotatable bonds is 6. The minimum Gasteiger partial charge on any atom is -0.381 e. The molecule has 1 fully saturated rings. The normalized spacial score (nSPS) is 19.3. The molecular formula is C15H22ClNO3S. The number of aryl methyl sites for hydroxylation is 1. The zero-order valence-corrected chi connectivity index (χ0v) is 14.1. The van der Waals surface area contributed by atoms with Crippen molar-refractivity contribution in [3.63, 3.8) is 0 Å². The molecule has 6 heteroatoms. The molecule has 1 aliphatic rings. The lowest BCUT2D eigenvalue weighted by Gasteiger charge is -2.24. The van der Waals surface area contributed by atoms with E-state index in [9.17, 15) is 8.42 Å². The number of benzene rings is 1. The van der Waals surface area contributed by atoms with Gasteiger partial charge in [0.25, 0.3) is 0 Å². The van der Waals surface area contributed by atoms with Crippen LogP contribution in [0, 0.1) is 12.8 Å². The summed E-state index contributed by atoms with van der Waals surface area (Å²) in [4.78, 5) is 0.269. The quantitative estimate of drug-likeness (QED) is 0.804. The van der Waals surface area contributed by atoms with Gasteiger partial charge in [-0.05, 0) is 43.4 Å². The molecule has 0 saturated carbocycles. The van der Waals surface area contributed by atoms with Gasteiger partial charge in [-0.3, -0.25) is 0 Å². The highest BCUT2D eigenvalue weighted by Gasteiger charge is 2.28. The van der Waals surface area contributed by atoms with E-state index in [0.717, 1.165) is 25.0 Å². The van der Waals surface area contributed by atoms with Crippen molar-refractivity contribution in [1.29, 1.82) is 0 Å². The minimum absolute atomic E-state index is 0.269. The van der Waals surface area contributed by atoms with Gasteiger partial charge in [-0.1, -0.05) is 24.6 Å². The van der Waals surface area contributed by atoms with Crippen LogP contribution >= 0.6 is 11.6 Å². The molecule has 0 N–H and O–H groups in total. The summed E-state index contributed by atoms with van der Waals surface area (Å²) < 4.78 is 32.5. The predicted molar refractivity (Wildman–Crippen MR) is 84.2 cm³/mol. The van der Waals surface area contributed by atoms with E-state index in [-0.39, 0.29) is 10.8 Å². The molecule has 1 atom stereocenters. The highest BCUT2D eigenvalue weighted by molar-refractivity contribution is 7.89. The maximum Gasteiger partial charge on any atom is 0.243 e. The van der Waals surface area contributed by atoms with Crippen molar-refractivity contribution >= 4 is 21.6 Å². The van der Waals surface area contributed by atoms with Gasteiger partial charge in [0.05, 0.1) is 11.5 Å². The lowest BCUT2D eigenvalue weighted by atomic mass is 10.1. The Bertz CT molecular complexity index is 583. The largest absolute Gasteiger partial charge is 0.381 e. The first-order valence-corrected chi connectivity index (χ1v) is 9.11. The van der Waals surface area contributed by atoms with Crippen LogP contribution in [-0.4, -0.2) is 39.0 Å². The molecule has 4 nitrogen and oxygen atoms in total. The van der Waals surface area contributed by atoms with Crippen molar-refractivity contribution in [3.8, 4) is 0 Å². The second-order valence-corrected chi connectivity index (χ2v) is 7.85. The summed E-state index contributed by atoms with van der Waals surface area (Å²) in [6.45, 7) is 6.24. The van der Waals surface area contributed by atoms with E-state index < -0.39 is 10.0 Å². The average Bonchev–Trinajstić information content (AvgIpc) is 2.94. The number of nitrogens with zero attached hydrogens (tertiary/aromatic N) is 1. The Balaban J connectivity index is 2.25. The zero-order chi connectivity index (χ0) is 15.5. The third-order valence-corrected chi connectivity index (χ3v) is 6.01. The Morgan fingerprint density at radius 3 is 2.76 bits per heavy atom. The maximum atomic E-state index is 12.8. The molecule has 1 unspecified atom stereocenters. The predicted octanol–water partition coefficient (Wildman–Crippen LogP) is 3.09. The standard InChI is InChI=1S/C15H22ClNO3S/c1-3-7-17(10-13-6-8-20-11-13)21(18,19)14-5-4-12(2)15(16)9-14/h4-5,9,13H,3,6-8,10-11H2,1-2H3. The Hall–Kier alpha value is -0.620. The van der Waals surface area contributed by atoms with Gasteiger partial charge in [0.1, 0.15) is 0 Å². The smallest absolute Gasteiger partial charge is 0.243 e. The van der Waals surface area contributed by atoms with E-state index in [4.69, 9.17) is 16.3 Å². The van der Waals surface area contributed by atoms with E-state index in [2.05, 4.69) is 0 Å². The number of sulfonamides is 1. The lowest BCUT2D eigenvalue weighted by Crippen LogP contribution is -2.36. The molecule has 0 bridgehead atoms.